The molecule has 1 amide bonds. The van der Waals surface area contributed by atoms with Gasteiger partial charge in [-0.3, -0.25) is 4.79 Å². The van der Waals surface area contributed by atoms with Gasteiger partial charge in [0, 0.05) is 20.0 Å². The summed E-state index contributed by atoms with van der Waals surface area (Å²) < 4.78 is 0. The van der Waals surface area contributed by atoms with E-state index in [-0.39, 0.29) is 11.9 Å². The highest BCUT2D eigenvalue weighted by atomic mass is 16.4. The summed E-state index contributed by atoms with van der Waals surface area (Å²) in [7, 11) is 0. The minimum absolute atomic E-state index is 0.0323. The zero-order valence-corrected chi connectivity index (χ0v) is 14.5. The molecule has 1 N–H and O–H groups in total. The van der Waals surface area contributed by atoms with E-state index < -0.39 is 5.97 Å². The third kappa shape index (κ3) is 3.22. The number of para-hydroxylation sites is 2. The molecule has 2 aromatic carbocycles. The van der Waals surface area contributed by atoms with Crippen molar-refractivity contribution in [2.45, 2.75) is 32.9 Å². The number of fused-ring (bicyclic) bond motifs is 1. The minimum Gasteiger partial charge on any atom is -0.478 e. The molecule has 0 saturated heterocycles. The third-order valence-corrected chi connectivity index (χ3v) is 4.70. The van der Waals surface area contributed by atoms with Crippen LogP contribution in [0.25, 0.3) is 0 Å². The van der Waals surface area contributed by atoms with Crippen LogP contribution in [0.5, 0.6) is 0 Å². The summed E-state index contributed by atoms with van der Waals surface area (Å²) >= 11 is 0. The highest BCUT2D eigenvalue weighted by Gasteiger charge is 2.32. The number of aromatic carboxylic acids is 1. The van der Waals surface area contributed by atoms with E-state index in [1.54, 1.807) is 19.1 Å². The van der Waals surface area contributed by atoms with Gasteiger partial charge >= 0.3 is 5.97 Å². The van der Waals surface area contributed by atoms with E-state index in [9.17, 15) is 14.7 Å². The molecule has 0 aromatic heterocycles. The van der Waals surface area contributed by atoms with Gasteiger partial charge in [0.25, 0.3) is 0 Å². The maximum absolute atomic E-state index is 12.2. The average Bonchev–Trinajstić information content (AvgIpc) is 2.61. The molecule has 0 saturated carbocycles. The Morgan fingerprint density at radius 3 is 2.36 bits per heavy atom. The molecule has 0 spiro atoms. The van der Waals surface area contributed by atoms with Gasteiger partial charge < -0.3 is 14.9 Å². The van der Waals surface area contributed by atoms with Crippen LogP contribution in [0, 0.1) is 0 Å². The van der Waals surface area contributed by atoms with Crippen molar-refractivity contribution >= 4 is 23.3 Å². The Bertz CT molecular complexity index is 803. The summed E-state index contributed by atoms with van der Waals surface area (Å²) in [5, 5.41) is 9.43. The number of carbonyl (C=O) groups excluding carboxylic acids is 1. The second-order valence-electron chi connectivity index (χ2n) is 6.28. The molecule has 130 valence electrons. The minimum atomic E-state index is -0.918. The predicted molar refractivity (Wildman–Crippen MR) is 98.1 cm³/mol. The molecule has 5 nitrogen and oxygen atoms in total. The normalized spacial score (nSPS) is 16.5. The first-order chi connectivity index (χ1) is 12.0. The van der Waals surface area contributed by atoms with E-state index in [0.717, 1.165) is 23.4 Å². The lowest BCUT2D eigenvalue weighted by molar-refractivity contribution is -0.117. The predicted octanol–water partition coefficient (Wildman–Crippen LogP) is 3.54. The number of benzene rings is 2. The number of anilines is 2. The van der Waals surface area contributed by atoms with Gasteiger partial charge in [-0.15, -0.1) is 0 Å². The van der Waals surface area contributed by atoms with Crippen LogP contribution in [0.3, 0.4) is 0 Å². The number of nitrogens with zero attached hydrogens (tertiary/aromatic N) is 2. The fourth-order valence-electron chi connectivity index (χ4n) is 3.53. The van der Waals surface area contributed by atoms with Crippen molar-refractivity contribution in [2.75, 3.05) is 16.3 Å². The van der Waals surface area contributed by atoms with Crippen LogP contribution in [0.4, 0.5) is 11.4 Å². The Labute approximate surface area is 147 Å². The first-order valence-corrected chi connectivity index (χ1v) is 8.48. The molecule has 0 bridgehead atoms. The number of carboxylic acids is 1. The van der Waals surface area contributed by atoms with Crippen molar-refractivity contribution in [3.63, 3.8) is 0 Å². The fourth-order valence-corrected chi connectivity index (χ4v) is 3.53. The van der Waals surface area contributed by atoms with Gasteiger partial charge in [0.1, 0.15) is 0 Å². The summed E-state index contributed by atoms with van der Waals surface area (Å²) in [4.78, 5) is 27.7. The summed E-state index contributed by atoms with van der Waals surface area (Å²) in [6, 6.07) is 15.0. The van der Waals surface area contributed by atoms with Crippen LogP contribution in [0.2, 0.25) is 0 Å². The van der Waals surface area contributed by atoms with Gasteiger partial charge in [0.15, 0.2) is 0 Å². The summed E-state index contributed by atoms with van der Waals surface area (Å²) in [5.74, 6) is -0.886. The smallest absolute Gasteiger partial charge is 0.336 e. The van der Waals surface area contributed by atoms with Crippen molar-refractivity contribution in [3.8, 4) is 0 Å². The lowest BCUT2D eigenvalue weighted by Crippen LogP contribution is -2.50. The molecule has 0 radical (unpaired) electrons. The zero-order chi connectivity index (χ0) is 18.0. The zero-order valence-electron chi connectivity index (χ0n) is 14.5. The topological polar surface area (TPSA) is 60.9 Å². The van der Waals surface area contributed by atoms with E-state index >= 15 is 0 Å². The summed E-state index contributed by atoms with van der Waals surface area (Å²) in [6.45, 7) is 4.84. The van der Waals surface area contributed by atoms with E-state index in [1.165, 1.54) is 0 Å². The van der Waals surface area contributed by atoms with E-state index in [0.29, 0.717) is 18.7 Å². The largest absolute Gasteiger partial charge is 0.478 e. The molecule has 1 heterocycles. The quantitative estimate of drug-likeness (QED) is 0.926. The third-order valence-electron chi connectivity index (χ3n) is 4.70. The molecule has 1 aliphatic rings. The standard InChI is InChI=1S/C20H22N2O3/c1-3-16-13-21(12-15-8-4-5-9-17(15)20(24)25)18-10-6-7-11-19(18)22(16)14(2)23/h4-11,16H,3,12-13H2,1-2H3,(H,24,25). The lowest BCUT2D eigenvalue weighted by Gasteiger charge is -2.43. The van der Waals surface area contributed by atoms with E-state index in [2.05, 4.69) is 11.8 Å². The fraction of sp³-hybridized carbons (Fsp3) is 0.300. The number of carboxylic acid groups (broad SMARTS) is 1. The average molecular weight is 338 g/mol. The molecule has 2 aromatic rings. The van der Waals surface area contributed by atoms with Crippen LogP contribution in [0.15, 0.2) is 48.5 Å². The van der Waals surface area contributed by atoms with Crippen LogP contribution >= 0.6 is 0 Å². The number of rotatable bonds is 4. The SMILES string of the molecule is CCC1CN(Cc2ccccc2C(=O)O)c2ccccc2N1C(C)=O. The van der Waals surface area contributed by atoms with E-state index in [1.807, 2.05) is 41.3 Å². The number of carbonyl (C=O) groups is 2. The second kappa shape index (κ2) is 6.97. The molecular weight excluding hydrogens is 316 g/mol. The van der Waals surface area contributed by atoms with Crippen LogP contribution < -0.4 is 9.80 Å². The van der Waals surface area contributed by atoms with Crippen molar-refractivity contribution in [1.82, 2.24) is 0 Å². The Morgan fingerprint density at radius 2 is 1.72 bits per heavy atom. The van der Waals surface area contributed by atoms with Gasteiger partial charge in [0.2, 0.25) is 5.91 Å². The molecular formula is C20H22N2O3. The van der Waals surface area contributed by atoms with Crippen LogP contribution in [-0.4, -0.2) is 29.6 Å². The molecule has 5 heteroatoms. The van der Waals surface area contributed by atoms with Crippen molar-refractivity contribution in [1.29, 1.82) is 0 Å². The second-order valence-corrected chi connectivity index (χ2v) is 6.28. The molecule has 0 fully saturated rings. The Hall–Kier alpha value is -2.82. The number of hydrogen-bond donors (Lipinski definition) is 1. The molecule has 0 aliphatic carbocycles. The van der Waals surface area contributed by atoms with Crippen molar-refractivity contribution < 1.29 is 14.7 Å². The van der Waals surface area contributed by atoms with Crippen LogP contribution in [-0.2, 0) is 11.3 Å². The maximum Gasteiger partial charge on any atom is 0.336 e. The van der Waals surface area contributed by atoms with Gasteiger partial charge in [-0.2, -0.15) is 0 Å². The van der Waals surface area contributed by atoms with Crippen LogP contribution in [0.1, 0.15) is 36.2 Å². The first-order valence-electron chi connectivity index (χ1n) is 8.48. The van der Waals surface area contributed by atoms with Crippen molar-refractivity contribution in [2.24, 2.45) is 0 Å². The Morgan fingerprint density at radius 1 is 1.08 bits per heavy atom. The van der Waals surface area contributed by atoms with E-state index in [4.69, 9.17) is 0 Å². The van der Waals surface area contributed by atoms with Gasteiger partial charge in [-0.05, 0) is 30.2 Å². The Kier molecular flexibility index (Phi) is 4.74. The first kappa shape index (κ1) is 17.0. The highest BCUT2D eigenvalue weighted by Crippen LogP contribution is 2.37. The highest BCUT2D eigenvalue weighted by molar-refractivity contribution is 5.97. The van der Waals surface area contributed by atoms with Crippen molar-refractivity contribution in [3.05, 3.63) is 59.7 Å². The van der Waals surface area contributed by atoms with Gasteiger partial charge in [-0.1, -0.05) is 37.3 Å². The molecule has 1 aliphatic heterocycles. The molecule has 3 rings (SSSR count). The summed E-state index contributed by atoms with van der Waals surface area (Å²) in [6.07, 6.45) is 0.838. The maximum atomic E-state index is 12.2. The molecule has 25 heavy (non-hydrogen) atoms. The summed E-state index contributed by atoms with van der Waals surface area (Å²) in [5.41, 5.74) is 2.95. The molecule has 1 atom stereocenters. The monoisotopic (exact) mass is 338 g/mol. The number of hydrogen-bond acceptors (Lipinski definition) is 3. The Balaban J connectivity index is 2.01. The lowest BCUT2D eigenvalue weighted by atomic mass is 10.0. The van der Waals surface area contributed by atoms with Gasteiger partial charge in [0.05, 0.1) is 23.0 Å². The number of amides is 1. The molecule has 1 unspecified atom stereocenters. The van der Waals surface area contributed by atoms with Gasteiger partial charge in [-0.25, -0.2) is 4.79 Å².